The van der Waals surface area contributed by atoms with E-state index < -0.39 is 0 Å². The molecule has 1 heterocycles. The number of rotatable bonds is 1. The Bertz CT molecular complexity index is 600. The first-order valence-corrected chi connectivity index (χ1v) is 6.32. The van der Waals surface area contributed by atoms with Crippen molar-refractivity contribution in [2.24, 2.45) is 5.73 Å². The molecular formula is C15H18N2. The molecule has 0 unspecified atom stereocenters. The molecule has 1 aliphatic carbocycles. The molecule has 2 nitrogen and oxygen atoms in total. The quantitative estimate of drug-likeness (QED) is 0.812. The van der Waals surface area contributed by atoms with Gasteiger partial charge in [-0.3, -0.25) is 4.98 Å². The van der Waals surface area contributed by atoms with Crippen molar-refractivity contribution in [1.82, 2.24) is 4.98 Å². The van der Waals surface area contributed by atoms with Crippen LogP contribution in [0.4, 0.5) is 0 Å². The van der Waals surface area contributed by atoms with Gasteiger partial charge in [-0.15, -0.1) is 0 Å². The molecule has 2 aromatic rings. The summed E-state index contributed by atoms with van der Waals surface area (Å²) in [5.74, 6) is 0. The highest BCUT2D eigenvalue weighted by atomic mass is 14.7. The second-order valence-corrected chi connectivity index (χ2v) is 5.03. The smallest absolute Gasteiger partial charge is 0.0711 e. The summed E-state index contributed by atoms with van der Waals surface area (Å²) in [4.78, 5) is 4.81. The zero-order valence-electron chi connectivity index (χ0n) is 10.5. The van der Waals surface area contributed by atoms with Crippen LogP contribution in [0.15, 0.2) is 12.1 Å². The lowest BCUT2D eigenvalue weighted by molar-refractivity contribution is 0.896. The van der Waals surface area contributed by atoms with Gasteiger partial charge >= 0.3 is 0 Å². The lowest BCUT2D eigenvalue weighted by Crippen LogP contribution is -2.05. The SMILES string of the molecule is Cc1cc2nc3c(c(CN)c2cc1C)CCC3. The van der Waals surface area contributed by atoms with Crippen molar-refractivity contribution in [2.75, 3.05) is 0 Å². The van der Waals surface area contributed by atoms with Crippen LogP contribution < -0.4 is 5.73 Å². The highest BCUT2D eigenvalue weighted by molar-refractivity contribution is 5.85. The van der Waals surface area contributed by atoms with Crippen LogP contribution in [0.1, 0.15) is 34.4 Å². The van der Waals surface area contributed by atoms with Crippen LogP contribution >= 0.6 is 0 Å². The summed E-state index contributed by atoms with van der Waals surface area (Å²) in [6.07, 6.45) is 3.49. The Morgan fingerprint density at radius 1 is 1.18 bits per heavy atom. The number of hydrogen-bond donors (Lipinski definition) is 1. The molecule has 17 heavy (non-hydrogen) atoms. The van der Waals surface area contributed by atoms with E-state index in [1.165, 1.54) is 39.8 Å². The normalized spacial score (nSPS) is 14.3. The third-order valence-corrected chi connectivity index (χ3v) is 3.95. The molecule has 1 aliphatic rings. The Morgan fingerprint density at radius 2 is 1.94 bits per heavy atom. The zero-order valence-corrected chi connectivity index (χ0v) is 10.5. The standard InChI is InChI=1S/C15H18N2/c1-9-6-12-13(8-16)11-4-3-5-14(11)17-15(12)7-10(9)2/h6-7H,3-5,8,16H2,1-2H3. The van der Waals surface area contributed by atoms with Crippen molar-refractivity contribution in [2.45, 2.75) is 39.7 Å². The number of benzene rings is 1. The molecule has 0 saturated heterocycles. The van der Waals surface area contributed by atoms with E-state index in [0.717, 1.165) is 18.4 Å². The molecule has 0 aliphatic heterocycles. The van der Waals surface area contributed by atoms with E-state index >= 15 is 0 Å². The Labute approximate surface area is 102 Å². The molecule has 0 radical (unpaired) electrons. The third-order valence-electron chi connectivity index (χ3n) is 3.95. The fraction of sp³-hybridized carbons (Fsp3) is 0.400. The summed E-state index contributed by atoms with van der Waals surface area (Å²) in [5, 5.41) is 1.26. The zero-order chi connectivity index (χ0) is 12.0. The maximum Gasteiger partial charge on any atom is 0.0711 e. The molecule has 3 rings (SSSR count). The maximum absolute atomic E-state index is 5.95. The molecule has 0 saturated carbocycles. The van der Waals surface area contributed by atoms with Gasteiger partial charge in [0.1, 0.15) is 0 Å². The molecule has 0 amide bonds. The predicted octanol–water partition coefficient (Wildman–Crippen LogP) is 2.80. The molecule has 0 fully saturated rings. The fourth-order valence-electron chi connectivity index (χ4n) is 2.85. The Balaban J connectivity index is 2.41. The number of aromatic nitrogens is 1. The van der Waals surface area contributed by atoms with Crippen LogP contribution in [0, 0.1) is 13.8 Å². The van der Waals surface area contributed by atoms with E-state index in [2.05, 4.69) is 26.0 Å². The van der Waals surface area contributed by atoms with E-state index in [9.17, 15) is 0 Å². The number of fused-ring (bicyclic) bond motifs is 2. The average Bonchev–Trinajstić information content (AvgIpc) is 2.75. The van der Waals surface area contributed by atoms with Gasteiger partial charge in [-0.1, -0.05) is 0 Å². The van der Waals surface area contributed by atoms with Crippen molar-refractivity contribution >= 4 is 10.9 Å². The van der Waals surface area contributed by atoms with E-state index in [-0.39, 0.29) is 0 Å². The second-order valence-electron chi connectivity index (χ2n) is 5.03. The van der Waals surface area contributed by atoms with Crippen molar-refractivity contribution in [3.63, 3.8) is 0 Å². The minimum atomic E-state index is 0.629. The van der Waals surface area contributed by atoms with Gasteiger partial charge in [0.15, 0.2) is 0 Å². The number of nitrogens with zero attached hydrogens (tertiary/aromatic N) is 1. The Hall–Kier alpha value is -1.41. The summed E-state index contributed by atoms with van der Waals surface area (Å²) < 4.78 is 0. The molecule has 1 aromatic heterocycles. The van der Waals surface area contributed by atoms with Crippen LogP contribution in [0.2, 0.25) is 0 Å². The molecule has 0 bridgehead atoms. The molecule has 0 atom stereocenters. The van der Waals surface area contributed by atoms with Crippen molar-refractivity contribution in [3.8, 4) is 0 Å². The monoisotopic (exact) mass is 226 g/mol. The second kappa shape index (κ2) is 3.81. The van der Waals surface area contributed by atoms with E-state index in [1.54, 1.807) is 0 Å². The number of nitrogens with two attached hydrogens (primary N) is 1. The third kappa shape index (κ3) is 1.55. The first kappa shape index (κ1) is 10.7. The summed E-state index contributed by atoms with van der Waals surface area (Å²) >= 11 is 0. The number of pyridine rings is 1. The van der Waals surface area contributed by atoms with Gasteiger partial charge < -0.3 is 5.73 Å². The lowest BCUT2D eigenvalue weighted by atomic mass is 9.98. The van der Waals surface area contributed by atoms with Gasteiger partial charge in [-0.25, -0.2) is 0 Å². The van der Waals surface area contributed by atoms with Gasteiger partial charge in [0.25, 0.3) is 0 Å². The molecule has 2 heteroatoms. The Kier molecular flexibility index (Phi) is 2.40. The first-order valence-electron chi connectivity index (χ1n) is 6.32. The van der Waals surface area contributed by atoms with Crippen LogP contribution in [0.25, 0.3) is 10.9 Å². The van der Waals surface area contributed by atoms with Crippen LogP contribution in [-0.4, -0.2) is 4.98 Å². The van der Waals surface area contributed by atoms with E-state index in [0.29, 0.717) is 6.54 Å². The summed E-state index contributed by atoms with van der Waals surface area (Å²) in [7, 11) is 0. The number of aryl methyl sites for hydroxylation is 3. The predicted molar refractivity (Wildman–Crippen MR) is 71.1 cm³/mol. The van der Waals surface area contributed by atoms with E-state index in [4.69, 9.17) is 10.7 Å². The van der Waals surface area contributed by atoms with Gasteiger partial charge in [-0.2, -0.15) is 0 Å². The largest absolute Gasteiger partial charge is 0.326 e. The lowest BCUT2D eigenvalue weighted by Gasteiger charge is -2.12. The molecule has 2 N–H and O–H groups in total. The van der Waals surface area contributed by atoms with Gasteiger partial charge in [0.2, 0.25) is 0 Å². The average molecular weight is 226 g/mol. The molecule has 88 valence electrons. The fourth-order valence-corrected chi connectivity index (χ4v) is 2.85. The van der Waals surface area contributed by atoms with Crippen LogP contribution in [0.5, 0.6) is 0 Å². The minimum Gasteiger partial charge on any atom is -0.326 e. The summed E-state index contributed by atoms with van der Waals surface area (Å²) in [5.41, 5.74) is 13.7. The summed E-state index contributed by atoms with van der Waals surface area (Å²) in [6.45, 7) is 4.93. The highest BCUT2D eigenvalue weighted by Gasteiger charge is 2.18. The molecular weight excluding hydrogens is 208 g/mol. The van der Waals surface area contributed by atoms with Gasteiger partial charge in [-0.05, 0) is 67.5 Å². The maximum atomic E-state index is 5.95. The topological polar surface area (TPSA) is 38.9 Å². The van der Waals surface area contributed by atoms with Crippen molar-refractivity contribution < 1.29 is 0 Å². The Morgan fingerprint density at radius 3 is 2.71 bits per heavy atom. The van der Waals surface area contributed by atoms with Gasteiger partial charge in [0.05, 0.1) is 5.52 Å². The molecule has 0 spiro atoms. The minimum absolute atomic E-state index is 0.629. The number of hydrogen-bond acceptors (Lipinski definition) is 2. The first-order chi connectivity index (χ1) is 8.20. The van der Waals surface area contributed by atoms with Crippen molar-refractivity contribution in [1.29, 1.82) is 0 Å². The van der Waals surface area contributed by atoms with Crippen LogP contribution in [0.3, 0.4) is 0 Å². The van der Waals surface area contributed by atoms with E-state index in [1.807, 2.05) is 0 Å². The molecule has 1 aromatic carbocycles. The van der Waals surface area contributed by atoms with Crippen molar-refractivity contribution in [3.05, 3.63) is 40.1 Å². The van der Waals surface area contributed by atoms with Gasteiger partial charge in [0, 0.05) is 17.6 Å². The highest BCUT2D eigenvalue weighted by Crippen LogP contribution is 2.30. The summed E-state index contributed by atoms with van der Waals surface area (Å²) in [6, 6.07) is 4.45. The van der Waals surface area contributed by atoms with Crippen LogP contribution in [-0.2, 0) is 19.4 Å².